The molecule has 3 nitrogen and oxygen atoms in total. The van der Waals surface area contributed by atoms with E-state index in [9.17, 15) is 4.79 Å². The number of nitrogens with one attached hydrogen (secondary N) is 1. The number of hydrogen-bond acceptors (Lipinski definition) is 3. The lowest BCUT2D eigenvalue weighted by Crippen LogP contribution is -2.34. The first-order valence-electron chi connectivity index (χ1n) is 4.59. The fourth-order valence-corrected chi connectivity index (χ4v) is 1.13. The lowest BCUT2D eigenvalue weighted by molar-refractivity contribution is -0.142. The van der Waals surface area contributed by atoms with E-state index in [1.54, 1.807) is 6.92 Å². The Morgan fingerprint density at radius 2 is 2.00 bits per heavy atom. The molecule has 1 atom stereocenters. The van der Waals surface area contributed by atoms with Crippen LogP contribution in [0.5, 0.6) is 0 Å². The van der Waals surface area contributed by atoms with Crippen LogP contribution >= 0.6 is 12.4 Å². The van der Waals surface area contributed by atoms with E-state index in [2.05, 4.69) is 10.1 Å². The van der Waals surface area contributed by atoms with Gasteiger partial charge < -0.3 is 10.1 Å². The van der Waals surface area contributed by atoms with Gasteiger partial charge in [-0.25, -0.2) is 0 Å². The third kappa shape index (κ3) is 4.81. The Labute approximate surface area is 96.2 Å². The Morgan fingerprint density at radius 1 is 1.40 bits per heavy atom. The molecule has 0 spiro atoms. The van der Waals surface area contributed by atoms with Crippen LogP contribution in [0.1, 0.15) is 12.5 Å². The molecule has 15 heavy (non-hydrogen) atoms. The predicted octanol–water partition coefficient (Wildman–Crippen LogP) is 1.76. The molecule has 0 radical (unpaired) electrons. The molecule has 0 saturated carbocycles. The van der Waals surface area contributed by atoms with Crippen LogP contribution in [0.4, 0.5) is 0 Å². The molecule has 0 saturated heterocycles. The maximum Gasteiger partial charge on any atom is 0.322 e. The molecule has 0 aliphatic heterocycles. The number of carbonyl (C=O) groups excluding carboxylic acids is 1. The topological polar surface area (TPSA) is 38.3 Å². The van der Waals surface area contributed by atoms with Gasteiger partial charge in [-0.05, 0) is 12.5 Å². The largest absolute Gasteiger partial charge is 0.468 e. The van der Waals surface area contributed by atoms with Crippen molar-refractivity contribution in [3.8, 4) is 0 Å². The highest BCUT2D eigenvalue weighted by molar-refractivity contribution is 5.85. The third-order valence-electron chi connectivity index (χ3n) is 2.01. The fraction of sp³-hybridized carbons (Fsp3) is 0.364. The standard InChI is InChI=1S/C11H15NO2.ClH/c1-9(11(13)14-2)12-8-10-6-4-3-5-7-10;/h3-7,9,12H,8H2,1-2H3;1H/t9-;/m1./s1. The Balaban J connectivity index is 0.00000196. The van der Waals surface area contributed by atoms with E-state index < -0.39 is 0 Å². The number of benzene rings is 1. The number of ether oxygens (including phenoxy) is 1. The van der Waals surface area contributed by atoms with E-state index in [4.69, 9.17) is 0 Å². The minimum absolute atomic E-state index is 0. The van der Waals surface area contributed by atoms with Crippen LogP contribution in [0, 0.1) is 0 Å². The first kappa shape index (κ1) is 13.9. The van der Waals surface area contributed by atoms with Gasteiger partial charge >= 0.3 is 5.97 Å². The van der Waals surface area contributed by atoms with Gasteiger partial charge in [0.1, 0.15) is 6.04 Å². The Hall–Kier alpha value is -1.06. The minimum atomic E-state index is -0.264. The monoisotopic (exact) mass is 229 g/mol. The van der Waals surface area contributed by atoms with Gasteiger partial charge in [0.2, 0.25) is 0 Å². The van der Waals surface area contributed by atoms with Gasteiger partial charge in [-0.2, -0.15) is 0 Å². The summed E-state index contributed by atoms with van der Waals surface area (Å²) >= 11 is 0. The van der Waals surface area contributed by atoms with Crippen LogP contribution in [-0.2, 0) is 16.1 Å². The summed E-state index contributed by atoms with van der Waals surface area (Å²) in [7, 11) is 1.39. The quantitative estimate of drug-likeness (QED) is 0.800. The molecule has 0 aliphatic carbocycles. The molecule has 1 aromatic rings. The Morgan fingerprint density at radius 3 is 2.53 bits per heavy atom. The van der Waals surface area contributed by atoms with Gasteiger partial charge in [-0.1, -0.05) is 30.3 Å². The summed E-state index contributed by atoms with van der Waals surface area (Å²) in [4.78, 5) is 11.0. The maximum atomic E-state index is 11.0. The van der Waals surface area contributed by atoms with Crippen molar-refractivity contribution < 1.29 is 9.53 Å². The Kier molecular flexibility index (Phi) is 6.75. The van der Waals surface area contributed by atoms with E-state index in [-0.39, 0.29) is 24.4 Å². The fourth-order valence-electron chi connectivity index (χ4n) is 1.13. The van der Waals surface area contributed by atoms with Gasteiger partial charge in [0.15, 0.2) is 0 Å². The molecule has 1 N–H and O–H groups in total. The van der Waals surface area contributed by atoms with Gasteiger partial charge in [-0.15, -0.1) is 12.4 Å². The SMILES string of the molecule is COC(=O)[C@@H](C)NCc1ccccc1.Cl. The molecule has 0 amide bonds. The number of methoxy groups -OCH3 is 1. The number of rotatable bonds is 4. The first-order chi connectivity index (χ1) is 6.74. The van der Waals surface area contributed by atoms with Crippen molar-refractivity contribution in [2.24, 2.45) is 0 Å². The van der Waals surface area contributed by atoms with E-state index in [0.717, 1.165) is 5.56 Å². The van der Waals surface area contributed by atoms with Crippen molar-refractivity contribution in [2.75, 3.05) is 7.11 Å². The molecule has 0 heterocycles. The average Bonchev–Trinajstić information content (AvgIpc) is 2.26. The van der Waals surface area contributed by atoms with Crippen molar-refractivity contribution in [3.05, 3.63) is 35.9 Å². The Bertz CT molecular complexity index is 290. The van der Waals surface area contributed by atoms with Crippen molar-refractivity contribution in [1.29, 1.82) is 0 Å². The van der Waals surface area contributed by atoms with Crippen molar-refractivity contribution in [2.45, 2.75) is 19.5 Å². The molecular formula is C11H16ClNO2. The van der Waals surface area contributed by atoms with Crippen LogP contribution in [0.15, 0.2) is 30.3 Å². The lowest BCUT2D eigenvalue weighted by atomic mass is 10.2. The molecule has 0 aromatic heterocycles. The molecule has 0 unspecified atom stereocenters. The van der Waals surface area contributed by atoms with Crippen molar-refractivity contribution in [3.63, 3.8) is 0 Å². The zero-order valence-corrected chi connectivity index (χ0v) is 9.71. The van der Waals surface area contributed by atoms with Crippen LogP contribution in [0.2, 0.25) is 0 Å². The average molecular weight is 230 g/mol. The van der Waals surface area contributed by atoms with E-state index in [0.29, 0.717) is 6.54 Å². The molecule has 4 heteroatoms. The molecule has 1 aromatic carbocycles. The minimum Gasteiger partial charge on any atom is -0.468 e. The number of esters is 1. The molecule has 0 aliphatic rings. The third-order valence-corrected chi connectivity index (χ3v) is 2.01. The molecule has 0 bridgehead atoms. The molecule has 1 rings (SSSR count). The van der Waals surface area contributed by atoms with Crippen LogP contribution in [0.25, 0.3) is 0 Å². The first-order valence-corrected chi connectivity index (χ1v) is 4.59. The van der Waals surface area contributed by atoms with Crippen LogP contribution < -0.4 is 5.32 Å². The van der Waals surface area contributed by atoms with Gasteiger partial charge in [0, 0.05) is 6.54 Å². The second-order valence-electron chi connectivity index (χ2n) is 3.11. The summed E-state index contributed by atoms with van der Waals surface area (Å²) in [5, 5.41) is 3.08. The molecule has 0 fully saturated rings. The van der Waals surface area contributed by atoms with E-state index >= 15 is 0 Å². The predicted molar refractivity (Wildman–Crippen MR) is 62.0 cm³/mol. The van der Waals surface area contributed by atoms with Crippen LogP contribution in [-0.4, -0.2) is 19.1 Å². The van der Waals surface area contributed by atoms with Crippen molar-refractivity contribution in [1.82, 2.24) is 5.32 Å². The highest BCUT2D eigenvalue weighted by atomic mass is 35.5. The van der Waals surface area contributed by atoms with Gasteiger partial charge in [-0.3, -0.25) is 4.79 Å². The second kappa shape index (κ2) is 7.26. The number of carbonyl (C=O) groups is 1. The summed E-state index contributed by atoms with van der Waals surface area (Å²) in [6, 6.07) is 9.67. The maximum absolute atomic E-state index is 11.0. The second-order valence-corrected chi connectivity index (χ2v) is 3.11. The van der Waals surface area contributed by atoms with E-state index in [1.165, 1.54) is 7.11 Å². The van der Waals surface area contributed by atoms with Crippen molar-refractivity contribution >= 4 is 18.4 Å². The zero-order valence-electron chi connectivity index (χ0n) is 8.90. The summed E-state index contributed by atoms with van der Waals surface area (Å²) in [6.45, 7) is 2.46. The van der Waals surface area contributed by atoms with Crippen LogP contribution in [0.3, 0.4) is 0 Å². The van der Waals surface area contributed by atoms with Gasteiger partial charge in [0.05, 0.1) is 7.11 Å². The highest BCUT2D eigenvalue weighted by Crippen LogP contribution is 1.98. The van der Waals surface area contributed by atoms with E-state index in [1.807, 2.05) is 30.3 Å². The molecular weight excluding hydrogens is 214 g/mol. The summed E-state index contributed by atoms with van der Waals surface area (Å²) in [6.07, 6.45) is 0. The highest BCUT2D eigenvalue weighted by Gasteiger charge is 2.11. The molecule has 84 valence electrons. The lowest BCUT2D eigenvalue weighted by Gasteiger charge is -2.10. The zero-order chi connectivity index (χ0) is 10.4. The smallest absolute Gasteiger partial charge is 0.322 e. The summed E-state index contributed by atoms with van der Waals surface area (Å²) in [5.41, 5.74) is 1.16. The van der Waals surface area contributed by atoms with Gasteiger partial charge in [0.25, 0.3) is 0 Å². The number of hydrogen-bond donors (Lipinski definition) is 1. The number of halogens is 1. The summed E-state index contributed by atoms with van der Waals surface area (Å²) < 4.78 is 4.60. The normalized spacial score (nSPS) is 11.3. The summed E-state index contributed by atoms with van der Waals surface area (Å²) in [5.74, 6) is -0.235.